The lowest BCUT2D eigenvalue weighted by atomic mass is 9.95. The highest BCUT2D eigenvalue weighted by Gasteiger charge is 2.39. The molecule has 0 amide bonds. The second-order valence-electron chi connectivity index (χ2n) is 7.95. The summed E-state index contributed by atoms with van der Waals surface area (Å²) in [7, 11) is 0. The summed E-state index contributed by atoms with van der Waals surface area (Å²) in [6.07, 6.45) is 11.5. The summed E-state index contributed by atoms with van der Waals surface area (Å²) >= 11 is 0. The number of benzene rings is 1. The van der Waals surface area contributed by atoms with E-state index in [1.54, 1.807) is 12.3 Å². The standard InChI is InChI=1S/C25H35N5O/c1-4-19-7-9-20(10-8-19)23(27)22(18(3)26)24(28)30-21(17-29-5-2)11-13-25(14-15-25)12-6-16-31/h4-10,12,21,27,29-31H,1-3,11,13-17,26,28H2/b12-6+,24-22-,27-23?. The molecule has 1 aromatic carbocycles. The SMILES string of the molecule is C=CNCC(CCC1(/C=C/CO)CC1)N/C(N)=C(/C(=C)N)C(=N)c1ccc(C=C)cc1. The molecule has 31 heavy (non-hydrogen) atoms. The molecule has 1 saturated carbocycles. The van der Waals surface area contributed by atoms with Gasteiger partial charge in [-0.1, -0.05) is 62.2 Å². The average molecular weight is 422 g/mol. The van der Waals surface area contributed by atoms with E-state index in [0.29, 0.717) is 23.5 Å². The average Bonchev–Trinajstić information content (AvgIpc) is 3.54. The molecule has 1 unspecified atom stereocenters. The Bertz CT molecular complexity index is 862. The molecule has 0 saturated heterocycles. The summed E-state index contributed by atoms with van der Waals surface area (Å²) in [6, 6.07) is 7.49. The second kappa shape index (κ2) is 11.2. The third kappa shape index (κ3) is 6.89. The van der Waals surface area contributed by atoms with Crippen LogP contribution in [0.5, 0.6) is 0 Å². The largest absolute Gasteiger partial charge is 0.399 e. The van der Waals surface area contributed by atoms with E-state index in [4.69, 9.17) is 22.0 Å². The number of nitrogens with two attached hydrogens (primary N) is 2. The summed E-state index contributed by atoms with van der Waals surface area (Å²) < 4.78 is 0. The van der Waals surface area contributed by atoms with Gasteiger partial charge < -0.3 is 27.2 Å². The summed E-state index contributed by atoms with van der Waals surface area (Å²) in [4.78, 5) is 0. The first-order valence-electron chi connectivity index (χ1n) is 10.5. The maximum Gasteiger partial charge on any atom is 0.108 e. The lowest BCUT2D eigenvalue weighted by Gasteiger charge is -2.24. The molecule has 1 aliphatic rings. The topological polar surface area (TPSA) is 120 Å². The van der Waals surface area contributed by atoms with E-state index in [2.05, 4.69) is 36.4 Å². The number of hydrogen-bond acceptors (Lipinski definition) is 6. The molecule has 0 heterocycles. The molecule has 8 N–H and O–H groups in total. The Kier molecular flexibility index (Phi) is 8.70. The molecule has 0 aromatic heterocycles. The predicted octanol–water partition coefficient (Wildman–Crippen LogP) is 3.14. The zero-order chi connectivity index (χ0) is 22.9. The van der Waals surface area contributed by atoms with Crippen molar-refractivity contribution in [2.24, 2.45) is 16.9 Å². The molecular weight excluding hydrogens is 386 g/mol. The maximum absolute atomic E-state index is 9.07. The summed E-state index contributed by atoms with van der Waals surface area (Å²) in [5, 5.41) is 24.2. The van der Waals surface area contributed by atoms with Crippen molar-refractivity contribution in [3.63, 3.8) is 0 Å². The van der Waals surface area contributed by atoms with E-state index in [0.717, 1.165) is 31.2 Å². The highest BCUT2D eigenvalue weighted by molar-refractivity contribution is 6.13. The van der Waals surface area contributed by atoms with Crippen LogP contribution in [0.25, 0.3) is 6.08 Å². The summed E-state index contributed by atoms with van der Waals surface area (Å²) in [6.45, 7) is 12.0. The minimum absolute atomic E-state index is 0.0169. The molecule has 0 radical (unpaired) electrons. The van der Waals surface area contributed by atoms with Gasteiger partial charge in [0.1, 0.15) is 5.82 Å². The minimum atomic E-state index is 0.0169. The highest BCUT2D eigenvalue weighted by atomic mass is 16.2. The Morgan fingerprint density at radius 3 is 2.42 bits per heavy atom. The minimum Gasteiger partial charge on any atom is -0.399 e. The Morgan fingerprint density at radius 2 is 1.90 bits per heavy atom. The van der Waals surface area contributed by atoms with Gasteiger partial charge in [0, 0.05) is 23.8 Å². The number of allylic oxidation sites excluding steroid dienone is 2. The van der Waals surface area contributed by atoms with Crippen LogP contribution in [0.4, 0.5) is 0 Å². The van der Waals surface area contributed by atoms with Crippen molar-refractivity contribution < 1.29 is 5.11 Å². The van der Waals surface area contributed by atoms with Crippen LogP contribution >= 0.6 is 0 Å². The van der Waals surface area contributed by atoms with Crippen molar-refractivity contribution in [2.45, 2.75) is 31.7 Å². The van der Waals surface area contributed by atoms with Gasteiger partial charge in [0.25, 0.3) is 0 Å². The van der Waals surface area contributed by atoms with Crippen LogP contribution in [0.2, 0.25) is 0 Å². The quantitative estimate of drug-likeness (QED) is 0.157. The molecule has 1 aromatic rings. The normalized spacial score (nSPS) is 16.2. The van der Waals surface area contributed by atoms with Crippen molar-refractivity contribution in [3.05, 3.63) is 90.6 Å². The molecule has 0 aliphatic heterocycles. The van der Waals surface area contributed by atoms with E-state index in [-0.39, 0.29) is 29.5 Å². The van der Waals surface area contributed by atoms with E-state index >= 15 is 0 Å². The van der Waals surface area contributed by atoms with Crippen molar-refractivity contribution in [1.82, 2.24) is 10.6 Å². The zero-order valence-electron chi connectivity index (χ0n) is 18.2. The first-order chi connectivity index (χ1) is 14.9. The fourth-order valence-corrected chi connectivity index (χ4v) is 3.57. The Balaban J connectivity index is 2.18. The number of hydrogen-bond donors (Lipinski definition) is 6. The molecule has 1 atom stereocenters. The molecule has 166 valence electrons. The van der Waals surface area contributed by atoms with Crippen molar-refractivity contribution in [3.8, 4) is 0 Å². The molecule has 1 fully saturated rings. The highest BCUT2D eigenvalue weighted by Crippen LogP contribution is 2.51. The third-order valence-electron chi connectivity index (χ3n) is 5.60. The van der Waals surface area contributed by atoms with E-state index in [1.807, 2.05) is 30.3 Å². The Hall–Kier alpha value is -3.25. The van der Waals surface area contributed by atoms with Crippen LogP contribution in [0.3, 0.4) is 0 Å². The lowest BCUT2D eigenvalue weighted by molar-refractivity contribution is 0.340. The van der Waals surface area contributed by atoms with Gasteiger partial charge in [-0.3, -0.25) is 5.41 Å². The fraction of sp³-hybridized carbons (Fsp3) is 0.320. The van der Waals surface area contributed by atoms with Crippen LogP contribution in [0.1, 0.15) is 36.8 Å². The monoisotopic (exact) mass is 421 g/mol. The van der Waals surface area contributed by atoms with Gasteiger partial charge in [0.2, 0.25) is 0 Å². The lowest BCUT2D eigenvalue weighted by Crippen LogP contribution is -2.41. The van der Waals surface area contributed by atoms with Gasteiger partial charge in [0.15, 0.2) is 0 Å². The van der Waals surface area contributed by atoms with Gasteiger partial charge >= 0.3 is 0 Å². The van der Waals surface area contributed by atoms with Gasteiger partial charge in [-0.15, -0.1) is 0 Å². The van der Waals surface area contributed by atoms with Gasteiger partial charge in [0.05, 0.1) is 17.9 Å². The summed E-state index contributed by atoms with van der Waals surface area (Å²) in [5.74, 6) is 0.330. The molecule has 0 bridgehead atoms. The fourth-order valence-electron chi connectivity index (χ4n) is 3.57. The van der Waals surface area contributed by atoms with Crippen LogP contribution in [0, 0.1) is 10.8 Å². The maximum atomic E-state index is 9.07. The van der Waals surface area contributed by atoms with E-state index in [9.17, 15) is 0 Å². The van der Waals surface area contributed by atoms with Gasteiger partial charge in [-0.2, -0.15) is 0 Å². The van der Waals surface area contributed by atoms with Crippen LogP contribution in [-0.2, 0) is 0 Å². The van der Waals surface area contributed by atoms with Crippen LogP contribution in [0.15, 0.2) is 79.4 Å². The molecule has 2 rings (SSSR count). The Morgan fingerprint density at radius 1 is 1.23 bits per heavy atom. The van der Waals surface area contributed by atoms with Crippen molar-refractivity contribution in [2.75, 3.05) is 13.2 Å². The van der Waals surface area contributed by atoms with Gasteiger partial charge in [-0.05, 0) is 42.9 Å². The third-order valence-corrected chi connectivity index (χ3v) is 5.60. The predicted molar refractivity (Wildman–Crippen MR) is 130 cm³/mol. The first-order valence-corrected chi connectivity index (χ1v) is 10.5. The number of rotatable bonds is 14. The zero-order valence-corrected chi connectivity index (χ0v) is 18.2. The van der Waals surface area contributed by atoms with E-state index in [1.165, 1.54) is 0 Å². The van der Waals surface area contributed by atoms with E-state index < -0.39 is 0 Å². The molecular formula is C25H35N5O. The number of aliphatic hydroxyl groups is 1. The summed E-state index contributed by atoms with van der Waals surface area (Å²) in [5.41, 5.74) is 15.1. The van der Waals surface area contributed by atoms with Crippen LogP contribution < -0.4 is 22.1 Å². The van der Waals surface area contributed by atoms with Crippen LogP contribution in [-0.4, -0.2) is 30.0 Å². The smallest absolute Gasteiger partial charge is 0.108 e. The first kappa shape index (κ1) is 24.0. The molecule has 6 nitrogen and oxygen atoms in total. The Labute approximate surface area is 185 Å². The number of aliphatic hydroxyl groups excluding tert-OH is 1. The van der Waals surface area contributed by atoms with Crippen molar-refractivity contribution in [1.29, 1.82) is 5.41 Å². The van der Waals surface area contributed by atoms with Gasteiger partial charge in [-0.25, -0.2) is 0 Å². The molecule has 1 aliphatic carbocycles. The molecule has 0 spiro atoms. The second-order valence-corrected chi connectivity index (χ2v) is 7.95. The number of nitrogens with one attached hydrogen (secondary N) is 3. The van der Waals surface area contributed by atoms with Crippen molar-refractivity contribution >= 4 is 11.8 Å². The molecule has 6 heteroatoms.